The summed E-state index contributed by atoms with van der Waals surface area (Å²) in [5, 5.41) is 0. The highest BCUT2D eigenvalue weighted by molar-refractivity contribution is 5.43. The number of hydrogen-bond donors (Lipinski definition) is 1. The van der Waals surface area contributed by atoms with Crippen LogP contribution in [0.4, 0.5) is 0 Å². The molecule has 0 saturated heterocycles. The quantitative estimate of drug-likeness (QED) is 0.901. The Morgan fingerprint density at radius 3 is 2.37 bits per heavy atom. The highest BCUT2D eigenvalue weighted by Crippen LogP contribution is 2.46. The summed E-state index contributed by atoms with van der Waals surface area (Å²) in [7, 11) is 3.35. The predicted molar refractivity (Wildman–Crippen MR) is 77.7 cm³/mol. The lowest BCUT2D eigenvalue weighted by atomic mass is 9.69. The van der Waals surface area contributed by atoms with Gasteiger partial charge in [0.25, 0.3) is 0 Å². The van der Waals surface area contributed by atoms with E-state index in [2.05, 4.69) is 6.92 Å². The first-order valence-electron chi connectivity index (χ1n) is 7.08. The Kier molecular flexibility index (Phi) is 4.35. The topological polar surface area (TPSA) is 44.5 Å². The van der Waals surface area contributed by atoms with Crippen LogP contribution in [0.5, 0.6) is 11.5 Å². The van der Waals surface area contributed by atoms with Gasteiger partial charge < -0.3 is 15.2 Å². The Morgan fingerprint density at radius 1 is 1.11 bits per heavy atom. The van der Waals surface area contributed by atoms with Crippen LogP contribution in [0.2, 0.25) is 0 Å². The van der Waals surface area contributed by atoms with Crippen molar-refractivity contribution in [3.05, 3.63) is 23.8 Å². The van der Waals surface area contributed by atoms with Gasteiger partial charge in [0.1, 0.15) is 11.5 Å². The fourth-order valence-corrected chi connectivity index (χ4v) is 3.12. The molecule has 1 aliphatic carbocycles. The van der Waals surface area contributed by atoms with Crippen LogP contribution in [0.1, 0.15) is 50.6 Å². The molecular formula is C16H25NO2. The van der Waals surface area contributed by atoms with Gasteiger partial charge >= 0.3 is 0 Å². The zero-order valence-corrected chi connectivity index (χ0v) is 12.2. The summed E-state index contributed by atoms with van der Waals surface area (Å²) in [6.45, 7) is 2.31. The van der Waals surface area contributed by atoms with Crippen molar-refractivity contribution in [2.45, 2.75) is 45.1 Å². The van der Waals surface area contributed by atoms with Crippen LogP contribution >= 0.6 is 0 Å². The molecule has 1 fully saturated rings. The number of ether oxygens (including phenoxy) is 2. The molecule has 3 nitrogen and oxygen atoms in total. The number of rotatable bonds is 4. The maximum atomic E-state index is 6.55. The standard InChI is InChI=1S/C16H25NO2/c1-16(9-5-4-6-10-16)15(17)13-8-7-12(18-2)11-14(13)19-3/h7-8,11,15H,4-6,9-10,17H2,1-3H3. The van der Waals surface area contributed by atoms with Gasteiger partial charge in [-0.25, -0.2) is 0 Å². The van der Waals surface area contributed by atoms with E-state index in [1.807, 2.05) is 18.2 Å². The Morgan fingerprint density at radius 2 is 1.79 bits per heavy atom. The first kappa shape index (κ1) is 14.2. The van der Waals surface area contributed by atoms with Gasteiger partial charge in [-0.15, -0.1) is 0 Å². The van der Waals surface area contributed by atoms with Gasteiger partial charge in [-0.1, -0.05) is 32.3 Å². The smallest absolute Gasteiger partial charge is 0.127 e. The molecule has 1 aromatic carbocycles. The highest BCUT2D eigenvalue weighted by atomic mass is 16.5. The number of benzene rings is 1. The van der Waals surface area contributed by atoms with E-state index < -0.39 is 0 Å². The monoisotopic (exact) mass is 263 g/mol. The van der Waals surface area contributed by atoms with Gasteiger partial charge in [0.2, 0.25) is 0 Å². The van der Waals surface area contributed by atoms with Gasteiger partial charge in [0, 0.05) is 17.7 Å². The summed E-state index contributed by atoms with van der Waals surface area (Å²) in [6, 6.07) is 5.95. The van der Waals surface area contributed by atoms with Gasteiger partial charge in [-0.3, -0.25) is 0 Å². The molecular weight excluding hydrogens is 238 g/mol. The van der Waals surface area contributed by atoms with E-state index in [0.717, 1.165) is 17.1 Å². The summed E-state index contributed by atoms with van der Waals surface area (Å²) in [6.07, 6.45) is 6.29. The van der Waals surface area contributed by atoms with E-state index in [9.17, 15) is 0 Å². The first-order chi connectivity index (χ1) is 9.10. The minimum absolute atomic E-state index is 0.0219. The van der Waals surface area contributed by atoms with Crippen molar-refractivity contribution in [3.8, 4) is 11.5 Å². The van der Waals surface area contributed by atoms with Crippen molar-refractivity contribution >= 4 is 0 Å². The number of methoxy groups -OCH3 is 2. The van der Waals surface area contributed by atoms with Crippen LogP contribution < -0.4 is 15.2 Å². The van der Waals surface area contributed by atoms with Crippen LogP contribution in [0.15, 0.2) is 18.2 Å². The normalized spacial score (nSPS) is 19.8. The molecule has 19 heavy (non-hydrogen) atoms. The zero-order valence-electron chi connectivity index (χ0n) is 12.2. The molecule has 106 valence electrons. The van der Waals surface area contributed by atoms with E-state index in [4.69, 9.17) is 15.2 Å². The summed E-state index contributed by atoms with van der Waals surface area (Å²) in [4.78, 5) is 0. The van der Waals surface area contributed by atoms with Gasteiger partial charge in [-0.05, 0) is 24.3 Å². The molecule has 0 radical (unpaired) electrons. The van der Waals surface area contributed by atoms with Crippen LogP contribution in [0, 0.1) is 5.41 Å². The summed E-state index contributed by atoms with van der Waals surface area (Å²) < 4.78 is 10.7. The molecule has 3 heteroatoms. The van der Waals surface area contributed by atoms with E-state index in [-0.39, 0.29) is 11.5 Å². The van der Waals surface area contributed by atoms with Gasteiger partial charge in [0.05, 0.1) is 14.2 Å². The molecule has 0 aliphatic heterocycles. The molecule has 2 N–H and O–H groups in total. The Hall–Kier alpha value is -1.22. The summed E-state index contributed by atoms with van der Waals surface area (Å²) >= 11 is 0. The van der Waals surface area contributed by atoms with E-state index in [1.165, 1.54) is 32.1 Å². The minimum atomic E-state index is 0.0219. The fraction of sp³-hybridized carbons (Fsp3) is 0.625. The number of hydrogen-bond acceptors (Lipinski definition) is 3. The highest BCUT2D eigenvalue weighted by Gasteiger charge is 2.35. The SMILES string of the molecule is COc1ccc(C(N)C2(C)CCCCC2)c(OC)c1. The maximum Gasteiger partial charge on any atom is 0.127 e. The van der Waals surface area contributed by atoms with Crippen molar-refractivity contribution in [1.29, 1.82) is 0 Å². The van der Waals surface area contributed by atoms with Gasteiger partial charge in [0.15, 0.2) is 0 Å². The Balaban J connectivity index is 2.29. The summed E-state index contributed by atoms with van der Waals surface area (Å²) in [5.41, 5.74) is 7.82. The van der Waals surface area contributed by atoms with Crippen molar-refractivity contribution < 1.29 is 9.47 Å². The average Bonchev–Trinajstić information content (AvgIpc) is 2.46. The molecule has 1 aromatic rings. The molecule has 1 unspecified atom stereocenters. The number of nitrogens with two attached hydrogens (primary N) is 1. The van der Waals surface area contributed by atoms with E-state index in [1.54, 1.807) is 14.2 Å². The third-order valence-electron chi connectivity index (χ3n) is 4.52. The average molecular weight is 263 g/mol. The predicted octanol–water partition coefficient (Wildman–Crippen LogP) is 3.67. The summed E-state index contributed by atoms with van der Waals surface area (Å²) in [5.74, 6) is 1.64. The van der Waals surface area contributed by atoms with Gasteiger partial charge in [-0.2, -0.15) is 0 Å². The Bertz CT molecular complexity index is 425. The Labute approximate surface area is 116 Å². The van der Waals surface area contributed by atoms with Crippen molar-refractivity contribution in [2.75, 3.05) is 14.2 Å². The molecule has 0 amide bonds. The van der Waals surface area contributed by atoms with Crippen molar-refractivity contribution in [2.24, 2.45) is 11.1 Å². The minimum Gasteiger partial charge on any atom is -0.497 e. The molecule has 0 aromatic heterocycles. The zero-order chi connectivity index (χ0) is 13.9. The van der Waals surface area contributed by atoms with Crippen LogP contribution in [0.25, 0.3) is 0 Å². The second-order valence-electron chi connectivity index (χ2n) is 5.80. The second kappa shape index (κ2) is 5.83. The molecule has 0 spiro atoms. The molecule has 0 bridgehead atoms. The van der Waals surface area contributed by atoms with Crippen molar-refractivity contribution in [3.63, 3.8) is 0 Å². The first-order valence-corrected chi connectivity index (χ1v) is 7.08. The van der Waals surface area contributed by atoms with E-state index >= 15 is 0 Å². The molecule has 1 atom stereocenters. The third kappa shape index (κ3) is 2.86. The third-order valence-corrected chi connectivity index (χ3v) is 4.52. The fourth-order valence-electron chi connectivity index (χ4n) is 3.12. The second-order valence-corrected chi connectivity index (χ2v) is 5.80. The molecule has 1 saturated carbocycles. The largest absolute Gasteiger partial charge is 0.497 e. The molecule has 0 heterocycles. The maximum absolute atomic E-state index is 6.55. The molecule has 1 aliphatic rings. The lowest BCUT2D eigenvalue weighted by molar-refractivity contribution is 0.168. The lowest BCUT2D eigenvalue weighted by Crippen LogP contribution is -2.34. The van der Waals surface area contributed by atoms with E-state index in [0.29, 0.717) is 0 Å². The van der Waals surface area contributed by atoms with Crippen LogP contribution in [-0.2, 0) is 0 Å². The van der Waals surface area contributed by atoms with Crippen molar-refractivity contribution in [1.82, 2.24) is 0 Å². The molecule has 2 rings (SSSR count). The lowest BCUT2D eigenvalue weighted by Gasteiger charge is -2.39. The van der Waals surface area contributed by atoms with Crippen LogP contribution in [0.3, 0.4) is 0 Å². The van der Waals surface area contributed by atoms with Crippen LogP contribution in [-0.4, -0.2) is 14.2 Å².